The van der Waals surface area contributed by atoms with Crippen LogP contribution in [0.1, 0.15) is 29.8 Å². The molecule has 2 aromatic heterocycles. The number of carbonyl (C=O) groups is 1. The Kier molecular flexibility index (Phi) is 5.33. The molecule has 130 valence electrons. The lowest BCUT2D eigenvalue weighted by molar-refractivity contribution is 0.0954. The van der Waals surface area contributed by atoms with Gasteiger partial charge in [-0.3, -0.25) is 9.78 Å². The molecule has 3 rings (SSSR count). The molecule has 25 heavy (non-hydrogen) atoms. The molecule has 0 aliphatic heterocycles. The third kappa shape index (κ3) is 3.82. The Morgan fingerprint density at radius 2 is 2.00 bits per heavy atom. The molecular formula is C20H24N4O. The van der Waals surface area contributed by atoms with Crippen LogP contribution in [0.2, 0.25) is 0 Å². The van der Waals surface area contributed by atoms with Crippen molar-refractivity contribution in [2.75, 3.05) is 24.5 Å². The van der Waals surface area contributed by atoms with E-state index in [2.05, 4.69) is 46.2 Å². The van der Waals surface area contributed by atoms with Crippen LogP contribution < -0.4 is 10.2 Å². The standard InChI is InChI=1S/C20H24N4O/c1-3-24(4-2)17-11-16(12-21-14-17)20(25)22-10-9-15-13-23-19-8-6-5-7-18(15)19/h5-8,11-14,23H,3-4,9-10H2,1-2H3,(H,22,25). The summed E-state index contributed by atoms with van der Waals surface area (Å²) in [7, 11) is 0. The van der Waals surface area contributed by atoms with Crippen molar-refractivity contribution in [2.45, 2.75) is 20.3 Å². The minimum Gasteiger partial charge on any atom is -0.371 e. The van der Waals surface area contributed by atoms with E-state index in [9.17, 15) is 4.79 Å². The smallest absolute Gasteiger partial charge is 0.252 e. The van der Waals surface area contributed by atoms with Gasteiger partial charge in [0.05, 0.1) is 17.4 Å². The van der Waals surface area contributed by atoms with E-state index in [0.717, 1.165) is 30.7 Å². The van der Waals surface area contributed by atoms with Gasteiger partial charge in [-0.25, -0.2) is 0 Å². The van der Waals surface area contributed by atoms with Crippen LogP contribution >= 0.6 is 0 Å². The summed E-state index contributed by atoms with van der Waals surface area (Å²) in [5.74, 6) is -0.0821. The fourth-order valence-corrected chi connectivity index (χ4v) is 3.06. The maximum atomic E-state index is 12.4. The second-order valence-corrected chi connectivity index (χ2v) is 5.97. The molecule has 0 radical (unpaired) electrons. The molecular weight excluding hydrogens is 312 g/mol. The summed E-state index contributed by atoms with van der Waals surface area (Å²) in [4.78, 5) is 22.1. The fourth-order valence-electron chi connectivity index (χ4n) is 3.06. The van der Waals surface area contributed by atoms with Crippen LogP contribution in [0.4, 0.5) is 5.69 Å². The number of fused-ring (bicyclic) bond motifs is 1. The van der Waals surface area contributed by atoms with Crippen LogP contribution in [0.5, 0.6) is 0 Å². The number of nitrogens with zero attached hydrogens (tertiary/aromatic N) is 2. The number of amides is 1. The number of hydrogen-bond acceptors (Lipinski definition) is 3. The number of nitrogens with one attached hydrogen (secondary N) is 2. The maximum absolute atomic E-state index is 12.4. The summed E-state index contributed by atoms with van der Waals surface area (Å²) in [6, 6.07) is 10.1. The Morgan fingerprint density at radius 1 is 1.20 bits per heavy atom. The molecule has 5 nitrogen and oxygen atoms in total. The Bertz CT molecular complexity index is 852. The lowest BCUT2D eigenvalue weighted by atomic mass is 10.1. The number of rotatable bonds is 7. The minimum atomic E-state index is -0.0821. The Balaban J connectivity index is 1.62. The molecule has 2 N–H and O–H groups in total. The van der Waals surface area contributed by atoms with Crippen LogP contribution in [-0.2, 0) is 6.42 Å². The third-order valence-electron chi connectivity index (χ3n) is 4.47. The first kappa shape index (κ1) is 17.0. The molecule has 3 aromatic rings. The largest absolute Gasteiger partial charge is 0.371 e. The topological polar surface area (TPSA) is 61.0 Å². The van der Waals surface area contributed by atoms with E-state index in [1.54, 1.807) is 12.4 Å². The van der Waals surface area contributed by atoms with E-state index in [0.29, 0.717) is 12.1 Å². The summed E-state index contributed by atoms with van der Waals surface area (Å²) in [5, 5.41) is 4.20. The van der Waals surface area contributed by atoms with Gasteiger partial charge in [0.25, 0.3) is 5.91 Å². The maximum Gasteiger partial charge on any atom is 0.252 e. The summed E-state index contributed by atoms with van der Waals surface area (Å²) in [6.07, 6.45) is 6.22. The molecule has 0 bridgehead atoms. The van der Waals surface area contributed by atoms with Gasteiger partial charge in [-0.05, 0) is 38.0 Å². The molecule has 2 heterocycles. The number of hydrogen-bond donors (Lipinski definition) is 2. The Morgan fingerprint density at radius 3 is 2.80 bits per heavy atom. The Hall–Kier alpha value is -2.82. The van der Waals surface area contributed by atoms with E-state index >= 15 is 0 Å². The molecule has 0 fully saturated rings. The highest BCUT2D eigenvalue weighted by molar-refractivity contribution is 5.94. The van der Waals surface area contributed by atoms with Crippen LogP contribution in [0.15, 0.2) is 48.9 Å². The summed E-state index contributed by atoms with van der Waals surface area (Å²) in [6.45, 7) is 6.57. The number of carbonyl (C=O) groups excluding carboxylic acids is 1. The predicted octanol–water partition coefficient (Wildman–Crippen LogP) is 3.38. The second-order valence-electron chi connectivity index (χ2n) is 5.97. The van der Waals surface area contributed by atoms with Crippen molar-refractivity contribution >= 4 is 22.5 Å². The van der Waals surface area contributed by atoms with Gasteiger partial charge in [-0.15, -0.1) is 0 Å². The van der Waals surface area contributed by atoms with Gasteiger partial charge in [0, 0.05) is 42.9 Å². The molecule has 1 aromatic carbocycles. The van der Waals surface area contributed by atoms with Crippen LogP contribution in [0.25, 0.3) is 10.9 Å². The van der Waals surface area contributed by atoms with Gasteiger partial charge in [0.2, 0.25) is 0 Å². The molecule has 0 saturated heterocycles. The molecule has 0 atom stereocenters. The van der Waals surface area contributed by atoms with E-state index < -0.39 is 0 Å². The van der Waals surface area contributed by atoms with Gasteiger partial charge >= 0.3 is 0 Å². The molecule has 1 amide bonds. The first-order valence-corrected chi connectivity index (χ1v) is 8.76. The molecule has 5 heteroatoms. The van der Waals surface area contributed by atoms with Crippen molar-refractivity contribution in [3.05, 3.63) is 60.0 Å². The molecule has 0 saturated carbocycles. The first-order chi connectivity index (χ1) is 12.2. The summed E-state index contributed by atoms with van der Waals surface area (Å²) in [5.41, 5.74) is 3.92. The number of pyridine rings is 1. The Labute approximate surface area is 148 Å². The van der Waals surface area contributed by atoms with Crippen molar-refractivity contribution in [1.82, 2.24) is 15.3 Å². The molecule has 0 aliphatic carbocycles. The summed E-state index contributed by atoms with van der Waals surface area (Å²) >= 11 is 0. The molecule has 0 unspecified atom stereocenters. The number of benzene rings is 1. The zero-order valence-electron chi connectivity index (χ0n) is 14.7. The highest BCUT2D eigenvalue weighted by atomic mass is 16.1. The van der Waals surface area contributed by atoms with Gasteiger partial charge in [0.1, 0.15) is 0 Å². The minimum absolute atomic E-state index is 0.0821. The van der Waals surface area contributed by atoms with Crippen molar-refractivity contribution in [2.24, 2.45) is 0 Å². The number of anilines is 1. The van der Waals surface area contributed by atoms with Gasteiger partial charge < -0.3 is 15.2 Å². The monoisotopic (exact) mass is 336 g/mol. The highest BCUT2D eigenvalue weighted by Gasteiger charge is 2.10. The number of para-hydroxylation sites is 1. The highest BCUT2D eigenvalue weighted by Crippen LogP contribution is 2.18. The van der Waals surface area contributed by atoms with E-state index in [4.69, 9.17) is 0 Å². The van der Waals surface area contributed by atoms with Crippen molar-refractivity contribution in [3.8, 4) is 0 Å². The average molecular weight is 336 g/mol. The third-order valence-corrected chi connectivity index (χ3v) is 4.47. The first-order valence-electron chi connectivity index (χ1n) is 8.76. The quantitative estimate of drug-likeness (QED) is 0.695. The van der Waals surface area contributed by atoms with Gasteiger partial charge in [0.15, 0.2) is 0 Å². The van der Waals surface area contributed by atoms with E-state index in [-0.39, 0.29) is 5.91 Å². The zero-order valence-corrected chi connectivity index (χ0v) is 14.7. The molecule has 0 aliphatic rings. The molecule has 0 spiro atoms. The average Bonchev–Trinajstić information content (AvgIpc) is 3.06. The lowest BCUT2D eigenvalue weighted by Gasteiger charge is -2.20. The van der Waals surface area contributed by atoms with Crippen LogP contribution in [-0.4, -0.2) is 35.5 Å². The van der Waals surface area contributed by atoms with Crippen LogP contribution in [0.3, 0.4) is 0 Å². The van der Waals surface area contributed by atoms with E-state index in [1.165, 1.54) is 10.9 Å². The van der Waals surface area contributed by atoms with E-state index in [1.807, 2.05) is 24.4 Å². The predicted molar refractivity (Wildman–Crippen MR) is 102 cm³/mol. The van der Waals surface area contributed by atoms with Crippen molar-refractivity contribution in [3.63, 3.8) is 0 Å². The number of aromatic nitrogens is 2. The van der Waals surface area contributed by atoms with Crippen molar-refractivity contribution < 1.29 is 4.79 Å². The number of aromatic amines is 1. The van der Waals surface area contributed by atoms with Crippen LogP contribution in [0, 0.1) is 0 Å². The SMILES string of the molecule is CCN(CC)c1cncc(C(=O)NCCc2c[nH]c3ccccc23)c1. The fraction of sp³-hybridized carbons (Fsp3) is 0.300. The van der Waals surface area contributed by atoms with Gasteiger partial charge in [-0.2, -0.15) is 0 Å². The normalized spacial score (nSPS) is 10.8. The number of H-pyrrole nitrogens is 1. The van der Waals surface area contributed by atoms with Gasteiger partial charge in [-0.1, -0.05) is 18.2 Å². The lowest BCUT2D eigenvalue weighted by Crippen LogP contribution is -2.27. The summed E-state index contributed by atoms with van der Waals surface area (Å²) < 4.78 is 0. The zero-order chi connectivity index (χ0) is 17.6. The second kappa shape index (κ2) is 7.83. The van der Waals surface area contributed by atoms with Crippen molar-refractivity contribution in [1.29, 1.82) is 0 Å².